The number of carbonyl (C=O) groups is 1. The van der Waals surface area contributed by atoms with Gasteiger partial charge in [0.05, 0.1) is 5.41 Å². The van der Waals surface area contributed by atoms with Crippen LogP contribution in [0.5, 0.6) is 0 Å². The van der Waals surface area contributed by atoms with E-state index in [-0.39, 0.29) is 12.5 Å². The van der Waals surface area contributed by atoms with Crippen LogP contribution in [0.1, 0.15) is 43.2 Å². The van der Waals surface area contributed by atoms with Gasteiger partial charge < -0.3 is 10.2 Å². The Kier molecular flexibility index (Phi) is 3.20. The molecule has 0 saturated heterocycles. The number of rotatable bonds is 4. The average molecular weight is 234 g/mol. The fourth-order valence-electron chi connectivity index (χ4n) is 2.39. The van der Waals surface area contributed by atoms with Crippen LogP contribution in [0.2, 0.25) is 0 Å². The van der Waals surface area contributed by atoms with Crippen LogP contribution < -0.4 is 0 Å². The van der Waals surface area contributed by atoms with E-state index in [0.29, 0.717) is 0 Å². The van der Waals surface area contributed by atoms with Crippen molar-refractivity contribution >= 4 is 5.97 Å². The number of aliphatic carboxylic acids is 1. The second-order valence-corrected chi connectivity index (χ2v) is 4.95. The highest BCUT2D eigenvalue weighted by Crippen LogP contribution is 2.44. The van der Waals surface area contributed by atoms with E-state index in [2.05, 4.69) is 0 Å². The van der Waals surface area contributed by atoms with Gasteiger partial charge in [0.15, 0.2) is 0 Å². The molecule has 2 rings (SSSR count). The molecule has 2 N–H and O–H groups in total. The molecule has 0 radical (unpaired) electrons. The van der Waals surface area contributed by atoms with Gasteiger partial charge in [-0.15, -0.1) is 0 Å². The first kappa shape index (κ1) is 12.1. The molecule has 1 aromatic carbocycles. The van der Waals surface area contributed by atoms with Gasteiger partial charge in [-0.05, 0) is 24.0 Å². The van der Waals surface area contributed by atoms with Crippen molar-refractivity contribution < 1.29 is 15.0 Å². The number of hydrogen-bond acceptors (Lipinski definition) is 2. The van der Waals surface area contributed by atoms with Crippen LogP contribution in [0.25, 0.3) is 0 Å². The molecule has 17 heavy (non-hydrogen) atoms. The van der Waals surface area contributed by atoms with Gasteiger partial charge in [0.1, 0.15) is 0 Å². The highest BCUT2D eigenvalue weighted by atomic mass is 16.4. The first-order chi connectivity index (χ1) is 8.10. The summed E-state index contributed by atoms with van der Waals surface area (Å²) < 4.78 is 0. The van der Waals surface area contributed by atoms with Crippen molar-refractivity contribution in [3.05, 3.63) is 35.4 Å². The number of aliphatic hydroxyl groups excluding tert-OH is 1. The van der Waals surface area contributed by atoms with Crippen molar-refractivity contribution in [2.75, 3.05) is 6.61 Å². The Bertz CT molecular complexity index is 404. The van der Waals surface area contributed by atoms with Crippen molar-refractivity contribution in [2.45, 2.75) is 37.5 Å². The summed E-state index contributed by atoms with van der Waals surface area (Å²) in [6, 6.07) is 7.65. The maximum absolute atomic E-state index is 11.3. The number of aliphatic hydroxyl groups is 1. The Morgan fingerprint density at radius 3 is 2.29 bits per heavy atom. The van der Waals surface area contributed by atoms with E-state index >= 15 is 0 Å². The van der Waals surface area contributed by atoms with Gasteiger partial charge in [-0.1, -0.05) is 37.6 Å². The monoisotopic (exact) mass is 234 g/mol. The summed E-state index contributed by atoms with van der Waals surface area (Å²) in [5.41, 5.74) is 1.29. The molecule has 1 atom stereocenters. The van der Waals surface area contributed by atoms with Gasteiger partial charge >= 0.3 is 5.97 Å². The molecule has 1 unspecified atom stereocenters. The van der Waals surface area contributed by atoms with Crippen molar-refractivity contribution in [3.8, 4) is 0 Å². The van der Waals surface area contributed by atoms with Gasteiger partial charge in [-0.25, -0.2) is 0 Å². The van der Waals surface area contributed by atoms with E-state index in [4.69, 9.17) is 5.11 Å². The van der Waals surface area contributed by atoms with E-state index < -0.39 is 11.4 Å². The number of hydrogen-bond donors (Lipinski definition) is 2. The molecular weight excluding hydrogens is 216 g/mol. The fraction of sp³-hybridized carbons (Fsp3) is 0.500. The molecule has 1 aliphatic carbocycles. The normalized spacial score (nSPS) is 19.4. The Balaban J connectivity index is 2.26. The Hall–Kier alpha value is -1.35. The van der Waals surface area contributed by atoms with Gasteiger partial charge in [0.25, 0.3) is 0 Å². The molecule has 0 aliphatic heterocycles. The van der Waals surface area contributed by atoms with Crippen LogP contribution in [0.4, 0.5) is 0 Å². The van der Waals surface area contributed by atoms with Crippen LogP contribution in [-0.2, 0) is 10.2 Å². The van der Waals surface area contributed by atoms with E-state index in [0.717, 1.165) is 30.4 Å². The molecule has 0 heterocycles. The molecule has 0 bridgehead atoms. The smallest absolute Gasteiger partial charge is 0.314 e. The average Bonchev–Trinajstić information content (AvgIpc) is 2.27. The van der Waals surface area contributed by atoms with E-state index in [1.54, 1.807) is 0 Å². The van der Waals surface area contributed by atoms with Crippen LogP contribution in [0, 0.1) is 0 Å². The van der Waals surface area contributed by atoms with Crippen LogP contribution >= 0.6 is 0 Å². The van der Waals surface area contributed by atoms with E-state index in [1.807, 2.05) is 31.2 Å². The quantitative estimate of drug-likeness (QED) is 0.840. The zero-order valence-electron chi connectivity index (χ0n) is 10.0. The molecule has 3 heteroatoms. The summed E-state index contributed by atoms with van der Waals surface area (Å²) in [4.78, 5) is 11.3. The van der Waals surface area contributed by atoms with Crippen molar-refractivity contribution in [3.63, 3.8) is 0 Å². The molecule has 0 amide bonds. The zero-order chi connectivity index (χ0) is 12.5. The highest BCUT2D eigenvalue weighted by Gasteiger charge is 2.45. The fourth-order valence-corrected chi connectivity index (χ4v) is 2.39. The zero-order valence-corrected chi connectivity index (χ0v) is 10.0. The second kappa shape index (κ2) is 4.49. The Labute approximate surface area is 101 Å². The third-order valence-electron chi connectivity index (χ3n) is 3.92. The van der Waals surface area contributed by atoms with E-state index in [9.17, 15) is 9.90 Å². The molecule has 92 valence electrons. The van der Waals surface area contributed by atoms with Gasteiger partial charge in [-0.3, -0.25) is 4.79 Å². The van der Waals surface area contributed by atoms with Gasteiger partial charge in [-0.2, -0.15) is 0 Å². The predicted molar refractivity (Wildman–Crippen MR) is 65.1 cm³/mol. The molecule has 0 spiro atoms. The predicted octanol–water partition coefficient (Wildman–Crippen LogP) is 2.29. The Morgan fingerprint density at radius 1 is 1.35 bits per heavy atom. The summed E-state index contributed by atoms with van der Waals surface area (Å²) in [6.07, 6.45) is 2.45. The summed E-state index contributed by atoms with van der Waals surface area (Å²) in [5.74, 6) is -0.613. The largest absolute Gasteiger partial charge is 0.481 e. The summed E-state index contributed by atoms with van der Waals surface area (Å²) in [6.45, 7) is 2.06. The van der Waals surface area contributed by atoms with Crippen molar-refractivity contribution in [2.24, 2.45) is 0 Å². The minimum Gasteiger partial charge on any atom is -0.481 e. The van der Waals surface area contributed by atoms with Crippen LogP contribution in [0.15, 0.2) is 24.3 Å². The second-order valence-electron chi connectivity index (χ2n) is 4.95. The topological polar surface area (TPSA) is 57.5 Å². The SMILES string of the molecule is CC(CO)c1ccc(C2(C(=O)O)CCC2)cc1. The van der Waals surface area contributed by atoms with Crippen molar-refractivity contribution in [1.29, 1.82) is 0 Å². The third kappa shape index (κ3) is 1.95. The summed E-state index contributed by atoms with van der Waals surface area (Å²) in [7, 11) is 0. The molecule has 1 aromatic rings. The molecule has 1 fully saturated rings. The molecule has 0 aromatic heterocycles. The standard InChI is InChI=1S/C14H18O3/c1-10(9-15)11-3-5-12(6-4-11)14(13(16)17)7-2-8-14/h3-6,10,15H,2,7-9H2,1H3,(H,16,17). The highest BCUT2D eigenvalue weighted by molar-refractivity contribution is 5.82. The molecule has 3 nitrogen and oxygen atoms in total. The molecule has 1 saturated carbocycles. The number of benzene rings is 1. The molecular formula is C14H18O3. The summed E-state index contributed by atoms with van der Waals surface area (Å²) >= 11 is 0. The number of carboxylic acids is 1. The van der Waals surface area contributed by atoms with Gasteiger partial charge in [0.2, 0.25) is 0 Å². The maximum Gasteiger partial charge on any atom is 0.314 e. The maximum atomic E-state index is 11.3. The first-order valence-electron chi connectivity index (χ1n) is 6.05. The minimum atomic E-state index is -0.716. The Morgan fingerprint density at radius 2 is 1.94 bits per heavy atom. The third-order valence-corrected chi connectivity index (χ3v) is 3.92. The first-order valence-corrected chi connectivity index (χ1v) is 6.05. The van der Waals surface area contributed by atoms with Crippen LogP contribution in [-0.4, -0.2) is 22.8 Å². The minimum absolute atomic E-state index is 0.103. The number of carboxylic acid groups (broad SMARTS) is 1. The lowest BCUT2D eigenvalue weighted by atomic mass is 9.64. The van der Waals surface area contributed by atoms with Crippen LogP contribution in [0.3, 0.4) is 0 Å². The lowest BCUT2D eigenvalue weighted by Gasteiger charge is -2.38. The lowest BCUT2D eigenvalue weighted by Crippen LogP contribution is -2.42. The molecule has 1 aliphatic rings. The van der Waals surface area contributed by atoms with Gasteiger partial charge in [0, 0.05) is 12.5 Å². The van der Waals surface area contributed by atoms with Crippen molar-refractivity contribution in [1.82, 2.24) is 0 Å². The summed E-state index contributed by atoms with van der Waals surface area (Å²) in [5, 5.41) is 18.4. The van der Waals surface area contributed by atoms with E-state index in [1.165, 1.54) is 0 Å². The lowest BCUT2D eigenvalue weighted by molar-refractivity contribution is -0.147.